The molecule has 0 aliphatic rings. The largest absolute Gasteiger partial charge is 0.334 e. The van der Waals surface area contributed by atoms with Gasteiger partial charge in [-0.1, -0.05) is 24.3 Å². The second-order valence-corrected chi connectivity index (χ2v) is 2.68. The van der Waals surface area contributed by atoms with Crippen LogP contribution in [0.3, 0.4) is 0 Å². The number of rotatable bonds is 1. The standard InChI is InChI=1S/C10H9N2/c1-12-8-11-7-10(12)9-5-3-2-4-6-9/h3-8H,1H3. The molecule has 2 aromatic rings. The highest BCUT2D eigenvalue weighted by Crippen LogP contribution is 2.16. The molecule has 0 bridgehead atoms. The van der Waals surface area contributed by atoms with E-state index < -0.39 is 0 Å². The summed E-state index contributed by atoms with van der Waals surface area (Å²) in [5.74, 6) is 0. The molecular weight excluding hydrogens is 148 g/mol. The van der Waals surface area contributed by atoms with Crippen LogP contribution in [0.5, 0.6) is 0 Å². The van der Waals surface area contributed by atoms with Crippen LogP contribution in [0.25, 0.3) is 11.3 Å². The number of nitrogens with zero attached hydrogens (tertiary/aromatic N) is 2. The maximum atomic E-state index is 4.05. The highest BCUT2D eigenvalue weighted by atomic mass is 15.0. The van der Waals surface area contributed by atoms with Crippen LogP contribution in [0.15, 0.2) is 36.8 Å². The van der Waals surface area contributed by atoms with Crippen molar-refractivity contribution in [2.75, 3.05) is 0 Å². The molecule has 0 saturated heterocycles. The highest BCUT2D eigenvalue weighted by Gasteiger charge is 1.99. The lowest BCUT2D eigenvalue weighted by molar-refractivity contribution is 0.921. The Balaban J connectivity index is 2.51. The average Bonchev–Trinajstić information content (AvgIpc) is 2.53. The molecule has 1 heterocycles. The van der Waals surface area contributed by atoms with Crippen LogP contribution in [-0.4, -0.2) is 9.55 Å². The molecule has 0 fully saturated rings. The van der Waals surface area contributed by atoms with Crippen molar-refractivity contribution in [3.63, 3.8) is 0 Å². The third-order valence-electron chi connectivity index (χ3n) is 1.83. The fourth-order valence-corrected chi connectivity index (χ4v) is 1.19. The first kappa shape index (κ1) is 7.10. The van der Waals surface area contributed by atoms with Crippen LogP contribution in [-0.2, 0) is 7.05 Å². The third kappa shape index (κ3) is 1.11. The SMILES string of the molecule is Cn1cncc1-c1cc[c]cc1. The number of imidazole rings is 1. The molecule has 2 heteroatoms. The molecule has 0 amide bonds. The fourth-order valence-electron chi connectivity index (χ4n) is 1.19. The van der Waals surface area contributed by atoms with Crippen molar-refractivity contribution >= 4 is 0 Å². The smallest absolute Gasteiger partial charge is 0.0948 e. The van der Waals surface area contributed by atoms with E-state index in [2.05, 4.69) is 11.1 Å². The second-order valence-electron chi connectivity index (χ2n) is 2.68. The van der Waals surface area contributed by atoms with Crippen molar-refractivity contribution < 1.29 is 0 Å². The van der Waals surface area contributed by atoms with E-state index in [9.17, 15) is 0 Å². The molecular formula is C10H9N2. The second kappa shape index (κ2) is 2.81. The lowest BCUT2D eigenvalue weighted by atomic mass is 10.2. The summed E-state index contributed by atoms with van der Waals surface area (Å²) in [4.78, 5) is 4.05. The van der Waals surface area contributed by atoms with Crippen molar-refractivity contribution in [1.29, 1.82) is 0 Å². The summed E-state index contributed by atoms with van der Waals surface area (Å²) in [6, 6.07) is 10.8. The molecule has 1 aromatic heterocycles. The van der Waals surface area contributed by atoms with Crippen LogP contribution in [0.4, 0.5) is 0 Å². The zero-order valence-corrected chi connectivity index (χ0v) is 6.86. The maximum absolute atomic E-state index is 4.05. The van der Waals surface area contributed by atoms with Gasteiger partial charge in [-0.3, -0.25) is 0 Å². The Labute approximate surface area is 71.5 Å². The van der Waals surface area contributed by atoms with Gasteiger partial charge in [-0.15, -0.1) is 0 Å². The molecule has 0 atom stereocenters. The van der Waals surface area contributed by atoms with Gasteiger partial charge in [0.2, 0.25) is 0 Å². The van der Waals surface area contributed by atoms with Crippen LogP contribution >= 0.6 is 0 Å². The van der Waals surface area contributed by atoms with Gasteiger partial charge in [0, 0.05) is 7.05 Å². The Kier molecular flexibility index (Phi) is 1.67. The summed E-state index contributed by atoms with van der Waals surface area (Å²) in [7, 11) is 1.99. The number of aryl methyl sites for hydroxylation is 1. The third-order valence-corrected chi connectivity index (χ3v) is 1.83. The predicted molar refractivity (Wildman–Crippen MR) is 47.5 cm³/mol. The summed E-state index contributed by atoms with van der Waals surface area (Å²) >= 11 is 0. The Morgan fingerprint density at radius 3 is 2.67 bits per heavy atom. The molecule has 1 radical (unpaired) electrons. The predicted octanol–water partition coefficient (Wildman–Crippen LogP) is 1.89. The van der Waals surface area contributed by atoms with E-state index in [-0.39, 0.29) is 0 Å². The lowest BCUT2D eigenvalue weighted by Crippen LogP contribution is -1.88. The minimum absolute atomic E-state index is 1.13. The molecule has 0 saturated carbocycles. The minimum Gasteiger partial charge on any atom is -0.334 e. The summed E-state index contributed by atoms with van der Waals surface area (Å²) in [6.07, 6.45) is 3.65. The van der Waals surface area contributed by atoms with Crippen molar-refractivity contribution in [1.82, 2.24) is 9.55 Å². The first-order valence-electron chi connectivity index (χ1n) is 3.81. The Morgan fingerprint density at radius 2 is 2.08 bits per heavy atom. The van der Waals surface area contributed by atoms with E-state index >= 15 is 0 Å². The zero-order chi connectivity index (χ0) is 8.39. The normalized spacial score (nSPS) is 10.1. The molecule has 59 valence electrons. The van der Waals surface area contributed by atoms with E-state index in [0.29, 0.717) is 0 Å². The van der Waals surface area contributed by atoms with E-state index in [1.54, 1.807) is 6.33 Å². The van der Waals surface area contributed by atoms with E-state index in [4.69, 9.17) is 0 Å². The van der Waals surface area contributed by atoms with Crippen LogP contribution in [0.1, 0.15) is 0 Å². The summed E-state index contributed by atoms with van der Waals surface area (Å²) in [5, 5.41) is 0. The topological polar surface area (TPSA) is 17.8 Å². The van der Waals surface area contributed by atoms with Gasteiger partial charge in [0.15, 0.2) is 0 Å². The van der Waals surface area contributed by atoms with Gasteiger partial charge in [0.1, 0.15) is 0 Å². The lowest BCUT2D eigenvalue weighted by Gasteiger charge is -1.99. The van der Waals surface area contributed by atoms with E-state index in [1.807, 2.05) is 42.1 Å². The number of aromatic nitrogens is 2. The van der Waals surface area contributed by atoms with Gasteiger partial charge < -0.3 is 4.57 Å². The molecule has 0 aliphatic heterocycles. The van der Waals surface area contributed by atoms with E-state index in [0.717, 1.165) is 5.69 Å². The van der Waals surface area contributed by atoms with Gasteiger partial charge in [-0.2, -0.15) is 0 Å². The highest BCUT2D eigenvalue weighted by molar-refractivity contribution is 5.58. The molecule has 1 aromatic carbocycles. The molecule has 12 heavy (non-hydrogen) atoms. The van der Waals surface area contributed by atoms with Crippen LogP contribution < -0.4 is 0 Å². The van der Waals surface area contributed by atoms with Crippen molar-refractivity contribution in [2.24, 2.45) is 7.05 Å². The minimum atomic E-state index is 1.13. The van der Waals surface area contributed by atoms with E-state index in [1.165, 1.54) is 5.56 Å². The first-order valence-corrected chi connectivity index (χ1v) is 3.81. The van der Waals surface area contributed by atoms with Gasteiger partial charge in [0.05, 0.1) is 18.2 Å². The van der Waals surface area contributed by atoms with Crippen molar-refractivity contribution in [2.45, 2.75) is 0 Å². The van der Waals surface area contributed by atoms with Crippen molar-refractivity contribution in [3.8, 4) is 11.3 Å². The molecule has 0 unspecified atom stereocenters. The monoisotopic (exact) mass is 157 g/mol. The molecule has 0 N–H and O–H groups in total. The molecule has 2 nitrogen and oxygen atoms in total. The Morgan fingerprint density at radius 1 is 1.33 bits per heavy atom. The van der Waals surface area contributed by atoms with Crippen LogP contribution in [0, 0.1) is 6.07 Å². The molecule has 0 aliphatic carbocycles. The van der Waals surface area contributed by atoms with Crippen molar-refractivity contribution in [3.05, 3.63) is 42.9 Å². The summed E-state index contributed by atoms with van der Waals surface area (Å²) in [6.45, 7) is 0. The number of hydrogen-bond acceptors (Lipinski definition) is 1. The Hall–Kier alpha value is -1.57. The Bertz CT molecular complexity index is 362. The van der Waals surface area contributed by atoms with Gasteiger partial charge in [0.25, 0.3) is 0 Å². The zero-order valence-electron chi connectivity index (χ0n) is 6.86. The van der Waals surface area contributed by atoms with Crippen LogP contribution in [0.2, 0.25) is 0 Å². The van der Waals surface area contributed by atoms with Gasteiger partial charge >= 0.3 is 0 Å². The number of hydrogen-bond donors (Lipinski definition) is 0. The maximum Gasteiger partial charge on any atom is 0.0948 e. The summed E-state index contributed by atoms with van der Waals surface area (Å²) in [5.41, 5.74) is 2.30. The van der Waals surface area contributed by atoms with Gasteiger partial charge in [-0.05, 0) is 11.6 Å². The number of benzene rings is 1. The molecule has 2 rings (SSSR count). The fraction of sp³-hybridized carbons (Fsp3) is 0.100. The van der Waals surface area contributed by atoms with Gasteiger partial charge in [-0.25, -0.2) is 4.98 Å². The first-order chi connectivity index (χ1) is 5.88. The quantitative estimate of drug-likeness (QED) is 0.618. The summed E-state index contributed by atoms with van der Waals surface area (Å²) < 4.78 is 2.00. The average molecular weight is 157 g/mol. The molecule has 0 spiro atoms.